The second-order valence-electron chi connectivity index (χ2n) is 17.4. The van der Waals surface area contributed by atoms with Crippen LogP contribution in [0.15, 0.2) is 214 Å². The van der Waals surface area contributed by atoms with Gasteiger partial charge in [-0.05, 0) is 61.4 Å². The number of carbonyl (C=O) groups is 2. The lowest BCUT2D eigenvalue weighted by atomic mass is 10.1. The summed E-state index contributed by atoms with van der Waals surface area (Å²) < 4.78 is 9.94. The van der Waals surface area contributed by atoms with E-state index in [1.165, 1.54) is 87.2 Å². The van der Waals surface area contributed by atoms with Crippen LogP contribution < -0.4 is 0 Å². The molecule has 1 aliphatic rings. The Morgan fingerprint density at radius 2 is 0.386 bits per heavy atom. The summed E-state index contributed by atoms with van der Waals surface area (Å²) in [4.78, 5) is 22.0. The van der Waals surface area contributed by atoms with E-state index in [0.717, 1.165) is 39.0 Å². The number of benzene rings is 8. The van der Waals surface area contributed by atoms with Gasteiger partial charge in [0.1, 0.15) is 20.1 Å². The number of Topliss-reactive ketones (excluding diaryl/α,β-unsaturated/α-hetero) is 2. The quantitative estimate of drug-likeness (QED) is 0.142. The SMILES string of the molecule is O=C1C(Cl)=C(Cl)C(=O)C(Cl)=C1Cl.c1ccc2c(c1)c1ccccc1n2CCCn1c2ccccc2c2ccccc21.c1ccc2c(c1)c1ccccc1n2CCCn1c2ccccc2c2ccccc21. The third-order valence-electron chi connectivity index (χ3n) is 13.4. The van der Waals surface area contributed by atoms with Crippen molar-refractivity contribution in [3.63, 3.8) is 0 Å². The van der Waals surface area contributed by atoms with Crippen LogP contribution in [-0.4, -0.2) is 29.8 Å². The van der Waals surface area contributed by atoms with Crippen LogP contribution in [0.2, 0.25) is 0 Å². The zero-order valence-corrected chi connectivity index (χ0v) is 40.9. The molecule has 10 heteroatoms. The molecule has 0 atom stereocenters. The van der Waals surface area contributed by atoms with Crippen molar-refractivity contribution in [1.29, 1.82) is 0 Å². The molecule has 6 nitrogen and oxygen atoms in total. The molecule has 0 bridgehead atoms. The number of ketones is 2. The number of fused-ring (bicyclic) bond motifs is 12. The molecule has 13 rings (SSSR count). The molecule has 1 aliphatic carbocycles. The first kappa shape index (κ1) is 45.4. The van der Waals surface area contributed by atoms with Crippen LogP contribution in [0.5, 0.6) is 0 Å². The molecule has 0 aliphatic heterocycles. The molecular weight excluding hydrogens is 950 g/mol. The van der Waals surface area contributed by atoms with Gasteiger partial charge in [-0.25, -0.2) is 0 Å². The third-order valence-corrected chi connectivity index (χ3v) is 15.1. The molecule has 0 saturated heterocycles. The number of halogens is 4. The van der Waals surface area contributed by atoms with Crippen LogP contribution in [0, 0.1) is 0 Å². The van der Waals surface area contributed by atoms with Crippen LogP contribution in [0.3, 0.4) is 0 Å². The lowest BCUT2D eigenvalue weighted by Gasteiger charge is -2.10. The fraction of sp³-hybridized carbons (Fsp3) is 0.100. The van der Waals surface area contributed by atoms with Gasteiger partial charge in [-0.15, -0.1) is 0 Å². The van der Waals surface area contributed by atoms with Crippen LogP contribution in [0.4, 0.5) is 0 Å². The molecule has 0 spiro atoms. The second kappa shape index (κ2) is 19.4. The zero-order valence-electron chi connectivity index (χ0n) is 37.8. The highest BCUT2D eigenvalue weighted by molar-refractivity contribution is 6.69. The molecule has 12 aromatic rings. The first-order chi connectivity index (χ1) is 34.3. The number of rotatable bonds is 8. The minimum Gasteiger partial charge on any atom is -0.340 e. The number of carbonyl (C=O) groups excluding carboxylic acids is 2. The van der Waals surface area contributed by atoms with Crippen molar-refractivity contribution in [2.45, 2.75) is 39.0 Å². The Kier molecular flexibility index (Phi) is 12.6. The topological polar surface area (TPSA) is 53.9 Å². The van der Waals surface area contributed by atoms with E-state index in [1.54, 1.807) is 0 Å². The van der Waals surface area contributed by atoms with Crippen molar-refractivity contribution in [3.05, 3.63) is 214 Å². The summed E-state index contributed by atoms with van der Waals surface area (Å²) >= 11 is 21.5. The summed E-state index contributed by atoms with van der Waals surface area (Å²) in [7, 11) is 0. The lowest BCUT2D eigenvalue weighted by Crippen LogP contribution is -2.14. The van der Waals surface area contributed by atoms with E-state index < -0.39 is 31.7 Å². The number of aryl methyl sites for hydroxylation is 4. The Hall–Kier alpha value is -7.06. The van der Waals surface area contributed by atoms with E-state index in [1.807, 2.05) is 0 Å². The number of nitrogens with zero attached hydrogens (tertiary/aromatic N) is 4. The van der Waals surface area contributed by atoms with Crippen molar-refractivity contribution < 1.29 is 9.59 Å². The predicted octanol–water partition coefficient (Wildman–Crippen LogP) is 16.5. The van der Waals surface area contributed by atoms with Crippen molar-refractivity contribution in [3.8, 4) is 0 Å². The summed E-state index contributed by atoms with van der Waals surface area (Å²) in [5.41, 5.74) is 10.6. The predicted molar refractivity (Wildman–Crippen MR) is 294 cm³/mol. The van der Waals surface area contributed by atoms with Gasteiger partial charge < -0.3 is 18.3 Å². The average Bonchev–Trinajstić information content (AvgIpc) is 4.13. The van der Waals surface area contributed by atoms with E-state index in [4.69, 9.17) is 46.4 Å². The minimum absolute atomic E-state index is 0.393. The monoisotopic (exact) mass is 992 g/mol. The fourth-order valence-electron chi connectivity index (χ4n) is 10.3. The standard InChI is InChI=1S/2C27H22N2.C6Cl4O2/c2*1-5-14-24-20(10-1)21-11-2-6-15-25(21)28(24)18-9-19-29-26-16-7-3-12-22(26)23-13-4-8-17-27(23)29;7-1-2(8)6(12)4(10)3(9)5(1)11/h2*1-8,10-17H,9,18-19H2;. The first-order valence-electron chi connectivity index (χ1n) is 23.3. The smallest absolute Gasteiger partial charge is 0.219 e. The molecule has 4 heterocycles. The van der Waals surface area contributed by atoms with Gasteiger partial charge in [-0.1, -0.05) is 192 Å². The van der Waals surface area contributed by atoms with E-state index in [2.05, 4.69) is 212 Å². The van der Waals surface area contributed by atoms with E-state index in [0.29, 0.717) is 0 Å². The molecule has 0 fully saturated rings. The van der Waals surface area contributed by atoms with Gasteiger partial charge in [0, 0.05) is 113 Å². The van der Waals surface area contributed by atoms with Crippen molar-refractivity contribution in [2.75, 3.05) is 0 Å². The Labute approximate surface area is 423 Å². The number of aromatic nitrogens is 4. The zero-order chi connectivity index (χ0) is 47.9. The van der Waals surface area contributed by atoms with Crippen LogP contribution >= 0.6 is 46.4 Å². The number of hydrogen-bond acceptors (Lipinski definition) is 2. The molecule has 0 saturated carbocycles. The minimum atomic E-state index is -0.729. The molecule has 0 amide bonds. The Morgan fingerprint density at radius 1 is 0.243 bits per heavy atom. The molecule has 4 aromatic heterocycles. The van der Waals surface area contributed by atoms with Crippen molar-refractivity contribution >= 4 is 145 Å². The van der Waals surface area contributed by atoms with Gasteiger partial charge in [0.15, 0.2) is 0 Å². The lowest BCUT2D eigenvalue weighted by molar-refractivity contribution is -0.114. The number of para-hydroxylation sites is 8. The third kappa shape index (κ3) is 8.05. The largest absolute Gasteiger partial charge is 0.340 e. The van der Waals surface area contributed by atoms with E-state index in [-0.39, 0.29) is 0 Å². The maximum atomic E-state index is 11.0. The maximum absolute atomic E-state index is 11.0. The molecule has 0 unspecified atom stereocenters. The maximum Gasteiger partial charge on any atom is 0.219 e. The summed E-state index contributed by atoms with van der Waals surface area (Å²) in [6.07, 6.45) is 2.18. The van der Waals surface area contributed by atoms with Gasteiger partial charge in [-0.3, -0.25) is 9.59 Å². The van der Waals surface area contributed by atoms with Gasteiger partial charge >= 0.3 is 0 Å². The molecule has 344 valence electrons. The Bertz CT molecular complexity index is 3340. The second-order valence-corrected chi connectivity index (χ2v) is 18.9. The molecule has 0 radical (unpaired) electrons. The summed E-state index contributed by atoms with van der Waals surface area (Å²) in [6, 6.07) is 70.1. The number of allylic oxidation sites excluding steroid dienone is 4. The normalized spacial score (nSPS) is 13.1. The van der Waals surface area contributed by atoms with Gasteiger partial charge in [0.2, 0.25) is 11.6 Å². The van der Waals surface area contributed by atoms with Crippen molar-refractivity contribution in [1.82, 2.24) is 18.3 Å². The van der Waals surface area contributed by atoms with Gasteiger partial charge in [-0.2, -0.15) is 0 Å². The first-order valence-corrected chi connectivity index (χ1v) is 24.8. The van der Waals surface area contributed by atoms with Crippen LogP contribution in [0.1, 0.15) is 12.8 Å². The molecule has 70 heavy (non-hydrogen) atoms. The van der Waals surface area contributed by atoms with E-state index >= 15 is 0 Å². The molecule has 8 aromatic carbocycles. The summed E-state index contributed by atoms with van der Waals surface area (Å²) in [5, 5.41) is 9.21. The number of hydrogen-bond donors (Lipinski definition) is 0. The summed E-state index contributed by atoms with van der Waals surface area (Å²) in [6.45, 7) is 4.04. The molecular formula is C60H44Cl4N4O2. The highest BCUT2D eigenvalue weighted by Gasteiger charge is 2.31. The van der Waals surface area contributed by atoms with Gasteiger partial charge in [0.05, 0.1) is 0 Å². The summed E-state index contributed by atoms with van der Waals surface area (Å²) in [5.74, 6) is -1.46. The van der Waals surface area contributed by atoms with Crippen molar-refractivity contribution in [2.24, 2.45) is 0 Å². The van der Waals surface area contributed by atoms with Crippen LogP contribution in [-0.2, 0) is 35.8 Å². The molecule has 0 N–H and O–H groups in total. The Morgan fingerprint density at radius 3 is 0.543 bits per heavy atom. The highest BCUT2D eigenvalue weighted by Crippen LogP contribution is 2.35. The van der Waals surface area contributed by atoms with Crippen LogP contribution in [0.25, 0.3) is 87.2 Å². The Balaban J connectivity index is 0.000000124. The fourth-order valence-corrected chi connectivity index (χ4v) is 11.2. The average molecular weight is 995 g/mol. The highest BCUT2D eigenvalue weighted by atomic mass is 35.5. The van der Waals surface area contributed by atoms with Gasteiger partial charge in [0.25, 0.3) is 0 Å². The van der Waals surface area contributed by atoms with E-state index in [9.17, 15) is 9.59 Å².